The van der Waals surface area contributed by atoms with Crippen LogP contribution in [0.2, 0.25) is 0 Å². The number of carbonyl (C=O) groups is 2. The number of rotatable bonds is 12. The highest BCUT2D eigenvalue weighted by atomic mass is 16.1. The largest absolute Gasteiger partial charge is 0.351 e. The molecule has 3 heteroatoms. The number of Topliss-reactive ketones (excluding diaryl/α,β-unsaturated/α-hetero) is 1. The van der Waals surface area contributed by atoms with Crippen LogP contribution in [-0.4, -0.2) is 18.2 Å². The second-order valence-corrected chi connectivity index (χ2v) is 9.05. The first kappa shape index (κ1) is 23.9. The Kier molecular flexibility index (Phi) is 9.29. The van der Waals surface area contributed by atoms with Crippen LogP contribution in [0.1, 0.15) is 91.6 Å². The van der Waals surface area contributed by atoms with E-state index in [1.807, 2.05) is 50.2 Å². The normalized spacial score (nSPS) is 11.3. The van der Waals surface area contributed by atoms with Gasteiger partial charge in [0.25, 0.3) is 5.91 Å². The quantitative estimate of drug-likeness (QED) is 0.414. The summed E-state index contributed by atoms with van der Waals surface area (Å²) < 4.78 is 0. The Hall–Kier alpha value is -2.42. The van der Waals surface area contributed by atoms with Crippen molar-refractivity contribution in [3.8, 4) is 0 Å². The Morgan fingerprint density at radius 3 is 1.70 bits per heavy atom. The van der Waals surface area contributed by atoms with Crippen LogP contribution in [0.25, 0.3) is 0 Å². The summed E-state index contributed by atoms with van der Waals surface area (Å²) in [5.74, 6) is 0.0365. The van der Waals surface area contributed by atoms with E-state index < -0.39 is 0 Å². The van der Waals surface area contributed by atoms with Crippen molar-refractivity contribution >= 4 is 11.7 Å². The lowest BCUT2D eigenvalue weighted by molar-refractivity contribution is 0.0884. The van der Waals surface area contributed by atoms with Gasteiger partial charge in [-0.25, -0.2) is 0 Å². The highest BCUT2D eigenvalue weighted by Gasteiger charge is 2.24. The van der Waals surface area contributed by atoms with Crippen LogP contribution in [0, 0.1) is 5.41 Å². The van der Waals surface area contributed by atoms with Crippen molar-refractivity contribution < 1.29 is 9.59 Å². The molecule has 0 fully saturated rings. The molecule has 0 saturated heterocycles. The number of hydrogen-bond donors (Lipinski definition) is 1. The van der Waals surface area contributed by atoms with Crippen molar-refractivity contribution in [2.24, 2.45) is 5.41 Å². The third-order valence-corrected chi connectivity index (χ3v) is 5.50. The fraction of sp³-hybridized carbons (Fsp3) is 0.481. The molecule has 0 saturated carbocycles. The number of benzene rings is 2. The molecule has 2 aromatic carbocycles. The summed E-state index contributed by atoms with van der Waals surface area (Å²) in [7, 11) is 0. The van der Waals surface area contributed by atoms with Gasteiger partial charge in [-0.15, -0.1) is 0 Å². The molecular weight excluding hydrogens is 370 g/mol. The molecule has 0 radical (unpaired) electrons. The van der Waals surface area contributed by atoms with Gasteiger partial charge in [-0.2, -0.15) is 0 Å². The molecule has 0 atom stereocenters. The van der Waals surface area contributed by atoms with Gasteiger partial charge in [0.2, 0.25) is 0 Å². The lowest BCUT2D eigenvalue weighted by atomic mass is 9.85. The average molecular weight is 408 g/mol. The number of amides is 1. The first-order valence-corrected chi connectivity index (χ1v) is 11.3. The van der Waals surface area contributed by atoms with Gasteiger partial charge in [0.15, 0.2) is 5.78 Å². The van der Waals surface area contributed by atoms with E-state index in [-0.39, 0.29) is 17.1 Å². The first-order chi connectivity index (χ1) is 14.3. The van der Waals surface area contributed by atoms with Crippen molar-refractivity contribution in [3.63, 3.8) is 0 Å². The van der Waals surface area contributed by atoms with Crippen LogP contribution < -0.4 is 5.32 Å². The summed E-state index contributed by atoms with van der Waals surface area (Å²) in [6.07, 6.45) is 7.17. The second kappa shape index (κ2) is 11.7. The molecule has 0 heterocycles. The zero-order valence-electron chi connectivity index (χ0n) is 19.1. The predicted molar refractivity (Wildman–Crippen MR) is 125 cm³/mol. The predicted octanol–water partition coefficient (Wildman–Crippen LogP) is 6.40. The minimum absolute atomic E-state index is 0.0853. The zero-order chi connectivity index (χ0) is 22.0. The van der Waals surface area contributed by atoms with Gasteiger partial charge in [-0.1, -0.05) is 76.9 Å². The second-order valence-electron chi connectivity index (χ2n) is 9.05. The fourth-order valence-corrected chi connectivity index (χ4v) is 3.46. The van der Waals surface area contributed by atoms with Crippen LogP contribution in [0.5, 0.6) is 0 Å². The van der Waals surface area contributed by atoms with E-state index in [0.29, 0.717) is 18.5 Å². The number of aryl methyl sites for hydroxylation is 2. The Balaban J connectivity index is 1.86. The molecule has 0 aliphatic rings. The monoisotopic (exact) mass is 407 g/mol. The summed E-state index contributed by atoms with van der Waals surface area (Å²) >= 11 is 0. The van der Waals surface area contributed by atoms with E-state index in [1.165, 1.54) is 30.4 Å². The highest BCUT2D eigenvalue weighted by Crippen LogP contribution is 2.23. The minimum atomic E-state index is -0.311. The molecule has 0 bridgehead atoms. The molecule has 0 aliphatic carbocycles. The number of carbonyl (C=O) groups excluding carboxylic acids is 2. The van der Waals surface area contributed by atoms with E-state index in [4.69, 9.17) is 0 Å². The third kappa shape index (κ3) is 7.78. The topological polar surface area (TPSA) is 46.2 Å². The summed E-state index contributed by atoms with van der Waals surface area (Å²) in [6.45, 7) is 8.87. The molecule has 2 aromatic rings. The average Bonchev–Trinajstić information content (AvgIpc) is 2.75. The Morgan fingerprint density at radius 1 is 0.767 bits per heavy atom. The van der Waals surface area contributed by atoms with Gasteiger partial charge in [0, 0.05) is 24.1 Å². The fourth-order valence-electron chi connectivity index (χ4n) is 3.46. The molecule has 0 spiro atoms. The first-order valence-electron chi connectivity index (χ1n) is 11.3. The van der Waals surface area contributed by atoms with Gasteiger partial charge >= 0.3 is 0 Å². The summed E-state index contributed by atoms with van der Waals surface area (Å²) in [4.78, 5) is 25.2. The highest BCUT2D eigenvalue weighted by molar-refractivity contribution is 5.97. The smallest absolute Gasteiger partial charge is 0.251 e. The van der Waals surface area contributed by atoms with E-state index in [0.717, 1.165) is 24.8 Å². The Morgan fingerprint density at radius 2 is 1.23 bits per heavy atom. The Bertz CT molecular complexity index is 804. The number of hydrogen-bond acceptors (Lipinski definition) is 2. The molecule has 1 N–H and O–H groups in total. The lowest BCUT2D eigenvalue weighted by Gasteiger charge is -2.24. The van der Waals surface area contributed by atoms with E-state index in [2.05, 4.69) is 31.3 Å². The molecule has 0 unspecified atom stereocenters. The molecule has 0 aliphatic heterocycles. The van der Waals surface area contributed by atoms with Gasteiger partial charge in [0.05, 0.1) is 0 Å². The Labute approximate surface area is 182 Å². The van der Waals surface area contributed by atoms with Crippen LogP contribution in [0.4, 0.5) is 0 Å². The molecule has 2 rings (SSSR count). The molecule has 30 heavy (non-hydrogen) atoms. The molecule has 1 amide bonds. The van der Waals surface area contributed by atoms with Crippen LogP contribution in [-0.2, 0) is 12.8 Å². The number of ketones is 1. The zero-order valence-corrected chi connectivity index (χ0v) is 19.1. The van der Waals surface area contributed by atoms with Crippen molar-refractivity contribution in [2.75, 3.05) is 6.54 Å². The molecule has 3 nitrogen and oxygen atoms in total. The van der Waals surface area contributed by atoms with Gasteiger partial charge in [-0.05, 0) is 54.4 Å². The molecular formula is C27H37NO2. The SMILES string of the molecule is CCCCc1ccc(C(=O)CC(C)(C)CNC(=O)c2ccc(CCCC)cc2)cc1. The van der Waals surface area contributed by atoms with Crippen LogP contribution >= 0.6 is 0 Å². The van der Waals surface area contributed by atoms with Crippen molar-refractivity contribution in [3.05, 3.63) is 70.8 Å². The maximum Gasteiger partial charge on any atom is 0.251 e. The summed E-state index contributed by atoms with van der Waals surface area (Å²) in [6, 6.07) is 15.8. The van der Waals surface area contributed by atoms with E-state index >= 15 is 0 Å². The maximum absolute atomic E-state index is 12.7. The van der Waals surface area contributed by atoms with E-state index in [9.17, 15) is 9.59 Å². The number of unbranched alkanes of at least 4 members (excludes halogenated alkanes) is 2. The van der Waals surface area contributed by atoms with Gasteiger partial charge in [-0.3, -0.25) is 9.59 Å². The lowest BCUT2D eigenvalue weighted by Crippen LogP contribution is -2.35. The number of nitrogens with one attached hydrogen (secondary N) is 1. The van der Waals surface area contributed by atoms with Gasteiger partial charge < -0.3 is 5.32 Å². The van der Waals surface area contributed by atoms with Crippen molar-refractivity contribution in [1.82, 2.24) is 5.32 Å². The standard InChI is InChI=1S/C27H37NO2/c1-5-7-9-21-11-15-23(16-12-21)25(29)19-27(3,4)20-28-26(30)24-17-13-22(14-18-24)10-8-6-2/h11-18H,5-10,19-20H2,1-4H3,(H,28,30). The maximum atomic E-state index is 12.7. The summed E-state index contributed by atoms with van der Waals surface area (Å²) in [5, 5.41) is 3.00. The minimum Gasteiger partial charge on any atom is -0.351 e. The van der Waals surface area contributed by atoms with Gasteiger partial charge in [0.1, 0.15) is 0 Å². The molecule has 0 aromatic heterocycles. The van der Waals surface area contributed by atoms with Crippen molar-refractivity contribution in [1.29, 1.82) is 0 Å². The van der Waals surface area contributed by atoms with E-state index in [1.54, 1.807) is 0 Å². The van der Waals surface area contributed by atoms with Crippen LogP contribution in [0.3, 0.4) is 0 Å². The van der Waals surface area contributed by atoms with Crippen molar-refractivity contribution in [2.45, 2.75) is 72.6 Å². The van der Waals surface area contributed by atoms with Crippen LogP contribution in [0.15, 0.2) is 48.5 Å². The third-order valence-electron chi connectivity index (χ3n) is 5.50. The summed E-state index contributed by atoms with van der Waals surface area (Å²) in [5.41, 5.74) is 3.65. The molecule has 162 valence electrons.